The van der Waals surface area contributed by atoms with Crippen LogP contribution in [0.25, 0.3) is 0 Å². The maximum Gasteiger partial charge on any atom is 0.243 e. The predicted octanol–water partition coefficient (Wildman–Crippen LogP) is 0.861. The number of fused-ring (bicyclic) bond motifs is 1. The van der Waals surface area contributed by atoms with Crippen LogP contribution in [-0.4, -0.2) is 55.0 Å². The Balaban J connectivity index is 1.85. The monoisotopic (exact) mass is 282 g/mol. The first-order valence-corrected chi connectivity index (χ1v) is 8.04. The second-order valence-corrected chi connectivity index (χ2v) is 7.13. The van der Waals surface area contributed by atoms with Crippen molar-refractivity contribution in [1.82, 2.24) is 9.21 Å². The van der Waals surface area contributed by atoms with Crippen molar-refractivity contribution in [3.8, 4) is 5.75 Å². The summed E-state index contributed by atoms with van der Waals surface area (Å²) in [5.74, 6) is -0.0134. The molecule has 1 N–H and O–H groups in total. The van der Waals surface area contributed by atoms with Crippen LogP contribution in [0.5, 0.6) is 5.75 Å². The van der Waals surface area contributed by atoms with E-state index in [0.29, 0.717) is 19.1 Å². The highest BCUT2D eigenvalue weighted by molar-refractivity contribution is 7.89. The molecule has 1 unspecified atom stereocenters. The number of benzene rings is 1. The number of piperazine rings is 1. The fourth-order valence-electron chi connectivity index (χ4n) is 2.97. The van der Waals surface area contributed by atoms with Crippen LogP contribution in [0.3, 0.4) is 0 Å². The lowest BCUT2D eigenvalue weighted by Crippen LogP contribution is -2.51. The van der Waals surface area contributed by atoms with Crippen molar-refractivity contribution in [3.63, 3.8) is 0 Å². The summed E-state index contributed by atoms with van der Waals surface area (Å²) in [7, 11) is -3.48. The van der Waals surface area contributed by atoms with Crippen LogP contribution in [0.2, 0.25) is 0 Å². The van der Waals surface area contributed by atoms with Gasteiger partial charge in [-0.3, -0.25) is 4.90 Å². The summed E-state index contributed by atoms with van der Waals surface area (Å²) in [6.07, 6.45) is 2.23. The number of phenols is 1. The van der Waals surface area contributed by atoms with Gasteiger partial charge in [-0.2, -0.15) is 4.31 Å². The van der Waals surface area contributed by atoms with E-state index >= 15 is 0 Å². The summed E-state index contributed by atoms with van der Waals surface area (Å²) in [6.45, 7) is 3.00. The van der Waals surface area contributed by atoms with Gasteiger partial charge in [0, 0.05) is 25.7 Å². The first-order chi connectivity index (χ1) is 9.07. The van der Waals surface area contributed by atoms with E-state index in [0.717, 1.165) is 25.9 Å². The largest absolute Gasteiger partial charge is 0.508 e. The molecule has 104 valence electrons. The second kappa shape index (κ2) is 4.77. The maximum atomic E-state index is 12.5. The third-order valence-electron chi connectivity index (χ3n) is 4.01. The van der Waals surface area contributed by atoms with E-state index in [-0.39, 0.29) is 10.6 Å². The number of sulfonamides is 1. The van der Waals surface area contributed by atoms with Crippen LogP contribution in [0.4, 0.5) is 0 Å². The normalized spacial score (nSPS) is 25.4. The minimum absolute atomic E-state index is 0.0134. The third kappa shape index (κ3) is 2.35. The van der Waals surface area contributed by atoms with Crippen molar-refractivity contribution in [3.05, 3.63) is 24.3 Å². The van der Waals surface area contributed by atoms with Crippen LogP contribution < -0.4 is 0 Å². The highest BCUT2D eigenvalue weighted by atomic mass is 32.2. The van der Waals surface area contributed by atoms with Crippen molar-refractivity contribution in [1.29, 1.82) is 0 Å². The summed E-state index contributed by atoms with van der Waals surface area (Å²) in [5.41, 5.74) is 0. The SMILES string of the molecule is O=S(=O)(c1cccc(O)c1)N1CCN2CCCC2C1. The average molecular weight is 282 g/mol. The smallest absolute Gasteiger partial charge is 0.243 e. The van der Waals surface area contributed by atoms with Crippen molar-refractivity contribution < 1.29 is 13.5 Å². The predicted molar refractivity (Wildman–Crippen MR) is 71.5 cm³/mol. The Labute approximate surface area is 113 Å². The Morgan fingerprint density at radius 3 is 2.84 bits per heavy atom. The summed E-state index contributed by atoms with van der Waals surface area (Å²) in [5, 5.41) is 9.43. The van der Waals surface area contributed by atoms with Gasteiger partial charge in [-0.1, -0.05) is 6.07 Å². The van der Waals surface area contributed by atoms with Crippen LogP contribution in [0.15, 0.2) is 29.2 Å². The van der Waals surface area contributed by atoms with Gasteiger partial charge >= 0.3 is 0 Å². The number of phenolic OH excluding ortho intramolecular Hbond substituents is 1. The van der Waals surface area contributed by atoms with E-state index < -0.39 is 10.0 Å². The molecule has 2 saturated heterocycles. The zero-order valence-corrected chi connectivity index (χ0v) is 11.5. The second-order valence-electron chi connectivity index (χ2n) is 5.19. The lowest BCUT2D eigenvalue weighted by molar-refractivity contribution is 0.158. The van der Waals surface area contributed by atoms with Gasteiger partial charge in [0.1, 0.15) is 5.75 Å². The molecule has 0 aromatic heterocycles. The summed E-state index contributed by atoms with van der Waals surface area (Å²) in [6, 6.07) is 6.26. The lowest BCUT2D eigenvalue weighted by atomic mass is 10.2. The first-order valence-electron chi connectivity index (χ1n) is 6.60. The van der Waals surface area contributed by atoms with Gasteiger partial charge < -0.3 is 5.11 Å². The van der Waals surface area contributed by atoms with Gasteiger partial charge in [0.05, 0.1) is 4.90 Å². The lowest BCUT2D eigenvalue weighted by Gasteiger charge is -2.36. The number of hydrogen-bond acceptors (Lipinski definition) is 4. The van der Waals surface area contributed by atoms with E-state index in [1.54, 1.807) is 10.4 Å². The average Bonchev–Trinajstić information content (AvgIpc) is 2.85. The Morgan fingerprint density at radius 1 is 1.21 bits per heavy atom. The molecule has 1 atom stereocenters. The topological polar surface area (TPSA) is 60.9 Å². The number of nitrogens with zero attached hydrogens (tertiary/aromatic N) is 2. The van der Waals surface area contributed by atoms with E-state index in [1.165, 1.54) is 18.2 Å². The van der Waals surface area contributed by atoms with Gasteiger partial charge in [0.15, 0.2) is 0 Å². The molecule has 2 fully saturated rings. The van der Waals surface area contributed by atoms with Crippen molar-refractivity contribution >= 4 is 10.0 Å². The Kier molecular flexibility index (Phi) is 3.24. The molecule has 1 aromatic rings. The molecule has 0 aliphatic carbocycles. The van der Waals surface area contributed by atoms with Crippen molar-refractivity contribution in [2.24, 2.45) is 0 Å². The molecule has 2 heterocycles. The standard InChI is InChI=1S/C13H18N2O3S/c16-12-4-1-5-13(9-12)19(17,18)15-8-7-14-6-2-3-11(14)10-15/h1,4-5,9,11,16H,2-3,6-8,10H2. The van der Waals surface area contributed by atoms with Gasteiger partial charge in [-0.25, -0.2) is 8.42 Å². The van der Waals surface area contributed by atoms with Crippen molar-refractivity contribution in [2.75, 3.05) is 26.2 Å². The molecule has 2 aliphatic heterocycles. The Hall–Kier alpha value is -1.11. The molecule has 1 aromatic carbocycles. The molecular formula is C13H18N2O3S. The molecule has 0 spiro atoms. The van der Waals surface area contributed by atoms with E-state index in [4.69, 9.17) is 0 Å². The number of rotatable bonds is 2. The Bertz CT molecular complexity index is 573. The molecule has 0 radical (unpaired) electrons. The van der Waals surface area contributed by atoms with Crippen LogP contribution >= 0.6 is 0 Å². The molecule has 3 rings (SSSR count). The summed E-state index contributed by atoms with van der Waals surface area (Å²) >= 11 is 0. The zero-order chi connectivity index (χ0) is 13.5. The maximum absolute atomic E-state index is 12.5. The summed E-state index contributed by atoms with van der Waals surface area (Å²) in [4.78, 5) is 2.55. The molecule has 0 saturated carbocycles. The number of aromatic hydroxyl groups is 1. The Morgan fingerprint density at radius 2 is 2.05 bits per heavy atom. The van der Waals surface area contributed by atoms with Crippen LogP contribution in [-0.2, 0) is 10.0 Å². The number of hydrogen-bond donors (Lipinski definition) is 1. The highest BCUT2D eigenvalue weighted by Crippen LogP contribution is 2.26. The van der Waals surface area contributed by atoms with Crippen LogP contribution in [0.1, 0.15) is 12.8 Å². The van der Waals surface area contributed by atoms with Crippen LogP contribution in [0, 0.1) is 0 Å². The van der Waals surface area contributed by atoms with E-state index in [2.05, 4.69) is 4.90 Å². The molecular weight excluding hydrogens is 264 g/mol. The highest BCUT2D eigenvalue weighted by Gasteiger charge is 2.36. The molecule has 0 bridgehead atoms. The minimum Gasteiger partial charge on any atom is -0.508 e. The molecule has 0 amide bonds. The fourth-order valence-corrected chi connectivity index (χ4v) is 4.48. The minimum atomic E-state index is -3.48. The zero-order valence-electron chi connectivity index (χ0n) is 10.7. The molecule has 5 nitrogen and oxygen atoms in total. The first kappa shape index (κ1) is 12.9. The van der Waals surface area contributed by atoms with E-state index in [9.17, 15) is 13.5 Å². The van der Waals surface area contributed by atoms with Gasteiger partial charge in [0.2, 0.25) is 10.0 Å². The summed E-state index contributed by atoms with van der Waals surface area (Å²) < 4.78 is 26.6. The van der Waals surface area contributed by atoms with Gasteiger partial charge in [-0.05, 0) is 37.6 Å². The van der Waals surface area contributed by atoms with Crippen molar-refractivity contribution in [2.45, 2.75) is 23.8 Å². The molecule has 6 heteroatoms. The quantitative estimate of drug-likeness (QED) is 0.874. The molecule has 2 aliphatic rings. The van der Waals surface area contributed by atoms with Gasteiger partial charge in [-0.15, -0.1) is 0 Å². The van der Waals surface area contributed by atoms with Gasteiger partial charge in [0.25, 0.3) is 0 Å². The third-order valence-corrected chi connectivity index (χ3v) is 5.87. The molecule has 19 heavy (non-hydrogen) atoms. The van der Waals surface area contributed by atoms with E-state index in [1.807, 2.05) is 0 Å². The fraction of sp³-hybridized carbons (Fsp3) is 0.538.